The first-order valence-electron chi connectivity index (χ1n) is 8.22. The van der Waals surface area contributed by atoms with Gasteiger partial charge in [-0.3, -0.25) is 9.69 Å². The Hall–Kier alpha value is -2.25. The number of nitrogens with one attached hydrogen (secondary N) is 1. The summed E-state index contributed by atoms with van der Waals surface area (Å²) in [5.74, 6) is -0.330. The van der Waals surface area contributed by atoms with Gasteiger partial charge in [0.1, 0.15) is 5.82 Å². The van der Waals surface area contributed by atoms with Gasteiger partial charge in [-0.2, -0.15) is 5.10 Å². The van der Waals surface area contributed by atoms with Gasteiger partial charge in [-0.05, 0) is 42.6 Å². The van der Waals surface area contributed by atoms with Crippen LogP contribution in [-0.2, 0) is 4.79 Å². The van der Waals surface area contributed by atoms with Gasteiger partial charge in [-0.15, -0.1) is 11.3 Å². The number of hydrazone groups is 1. The van der Waals surface area contributed by atoms with Crippen molar-refractivity contribution in [2.24, 2.45) is 5.10 Å². The van der Waals surface area contributed by atoms with E-state index in [4.69, 9.17) is 0 Å². The van der Waals surface area contributed by atoms with E-state index in [0.29, 0.717) is 6.54 Å². The van der Waals surface area contributed by atoms with Crippen molar-refractivity contribution in [1.29, 1.82) is 0 Å². The predicted octanol–water partition coefficient (Wildman–Crippen LogP) is 2.55. The van der Waals surface area contributed by atoms with Gasteiger partial charge in [0.15, 0.2) is 0 Å². The summed E-state index contributed by atoms with van der Waals surface area (Å²) in [5.41, 5.74) is 4.45. The minimum Gasteiger partial charge on any atom is -0.369 e. The fourth-order valence-electron chi connectivity index (χ4n) is 2.74. The molecule has 2 aromatic rings. The molecule has 0 unspecified atom stereocenters. The first-order valence-corrected chi connectivity index (χ1v) is 9.09. The molecule has 0 spiro atoms. The molecule has 0 saturated carbocycles. The number of hydrogen-bond acceptors (Lipinski definition) is 5. The predicted molar refractivity (Wildman–Crippen MR) is 99.7 cm³/mol. The minimum atomic E-state index is -0.225. The zero-order valence-corrected chi connectivity index (χ0v) is 14.9. The standard InChI is InChI=1S/C18H21FN4OS/c1-14(17-3-2-12-25-17)20-21-18(24)13-22-8-10-23(11-9-22)16-6-4-15(19)5-7-16/h2-7,12H,8-11,13H2,1H3,(H,21,24)/b20-14-. The maximum absolute atomic E-state index is 13.0. The molecule has 7 heteroatoms. The highest BCUT2D eigenvalue weighted by atomic mass is 32.1. The molecule has 132 valence electrons. The maximum atomic E-state index is 13.0. The van der Waals surface area contributed by atoms with Gasteiger partial charge in [0, 0.05) is 36.7 Å². The van der Waals surface area contributed by atoms with Crippen LogP contribution in [0.1, 0.15) is 11.8 Å². The molecule has 1 aliphatic rings. The number of piperazine rings is 1. The van der Waals surface area contributed by atoms with Crippen molar-refractivity contribution in [2.45, 2.75) is 6.92 Å². The summed E-state index contributed by atoms with van der Waals surface area (Å²) in [5, 5.41) is 6.14. The normalized spacial score (nSPS) is 16.1. The van der Waals surface area contributed by atoms with Gasteiger partial charge in [-0.25, -0.2) is 9.82 Å². The van der Waals surface area contributed by atoms with Crippen LogP contribution in [-0.4, -0.2) is 49.2 Å². The first kappa shape index (κ1) is 17.6. The zero-order valence-electron chi connectivity index (χ0n) is 14.1. The number of thiophene rings is 1. The van der Waals surface area contributed by atoms with E-state index in [1.807, 2.05) is 24.4 Å². The molecule has 3 rings (SSSR count). The average molecular weight is 360 g/mol. The monoisotopic (exact) mass is 360 g/mol. The van der Waals surface area contributed by atoms with Gasteiger partial charge in [0.2, 0.25) is 0 Å². The van der Waals surface area contributed by atoms with Crippen LogP contribution in [0.5, 0.6) is 0 Å². The minimum absolute atomic E-state index is 0.105. The van der Waals surface area contributed by atoms with Crippen LogP contribution in [0.2, 0.25) is 0 Å². The molecule has 0 bridgehead atoms. The number of hydrogen-bond donors (Lipinski definition) is 1. The number of halogens is 1. The van der Waals surface area contributed by atoms with Crippen LogP contribution in [0, 0.1) is 5.82 Å². The van der Waals surface area contributed by atoms with Gasteiger partial charge >= 0.3 is 0 Å². The number of carbonyl (C=O) groups is 1. The van der Waals surface area contributed by atoms with Crippen molar-refractivity contribution in [3.05, 3.63) is 52.5 Å². The molecular formula is C18H21FN4OS. The highest BCUT2D eigenvalue weighted by Crippen LogP contribution is 2.16. The summed E-state index contributed by atoms with van der Waals surface area (Å²) < 4.78 is 13.0. The third kappa shape index (κ3) is 4.87. The number of benzene rings is 1. The largest absolute Gasteiger partial charge is 0.369 e. The first-order chi connectivity index (χ1) is 12.1. The SMILES string of the molecule is C/C(=N/NC(=O)CN1CCN(c2ccc(F)cc2)CC1)c1cccs1. The Morgan fingerprint density at radius 1 is 1.20 bits per heavy atom. The van der Waals surface area contributed by atoms with Crippen molar-refractivity contribution in [3.63, 3.8) is 0 Å². The van der Waals surface area contributed by atoms with E-state index in [1.165, 1.54) is 12.1 Å². The van der Waals surface area contributed by atoms with E-state index in [1.54, 1.807) is 23.5 Å². The number of anilines is 1. The summed E-state index contributed by atoms with van der Waals surface area (Å²) in [4.78, 5) is 17.4. The number of carbonyl (C=O) groups excluding carboxylic acids is 1. The molecule has 1 aliphatic heterocycles. The highest BCUT2D eigenvalue weighted by molar-refractivity contribution is 7.12. The Bertz CT molecular complexity index is 722. The van der Waals surface area contributed by atoms with E-state index in [-0.39, 0.29) is 11.7 Å². The molecule has 5 nitrogen and oxygen atoms in total. The van der Waals surface area contributed by atoms with Crippen molar-refractivity contribution >= 4 is 28.6 Å². The molecular weight excluding hydrogens is 339 g/mol. The molecule has 1 N–H and O–H groups in total. The van der Waals surface area contributed by atoms with Gasteiger partial charge in [0.25, 0.3) is 5.91 Å². The lowest BCUT2D eigenvalue weighted by atomic mass is 10.2. The van der Waals surface area contributed by atoms with Crippen LogP contribution < -0.4 is 10.3 Å². The smallest absolute Gasteiger partial charge is 0.254 e. The Labute approximate surface area is 150 Å². The molecule has 1 aromatic heterocycles. The van der Waals surface area contributed by atoms with E-state index in [9.17, 15) is 9.18 Å². The van der Waals surface area contributed by atoms with Gasteiger partial charge < -0.3 is 4.90 Å². The van der Waals surface area contributed by atoms with Crippen molar-refractivity contribution in [1.82, 2.24) is 10.3 Å². The number of nitrogens with zero attached hydrogens (tertiary/aromatic N) is 3. The van der Waals surface area contributed by atoms with Crippen LogP contribution in [0.4, 0.5) is 10.1 Å². The molecule has 1 saturated heterocycles. The summed E-state index contributed by atoms with van der Waals surface area (Å²) in [6.07, 6.45) is 0. The maximum Gasteiger partial charge on any atom is 0.254 e. The van der Waals surface area contributed by atoms with Crippen LogP contribution in [0.25, 0.3) is 0 Å². The van der Waals surface area contributed by atoms with Crippen LogP contribution >= 0.6 is 11.3 Å². The summed E-state index contributed by atoms with van der Waals surface area (Å²) in [7, 11) is 0. The molecule has 0 atom stereocenters. The number of rotatable bonds is 5. The summed E-state index contributed by atoms with van der Waals surface area (Å²) >= 11 is 1.60. The Morgan fingerprint density at radius 3 is 2.56 bits per heavy atom. The fraction of sp³-hybridized carbons (Fsp3) is 0.333. The quantitative estimate of drug-likeness (QED) is 0.658. The second-order valence-corrected chi connectivity index (χ2v) is 6.90. The van der Waals surface area contributed by atoms with E-state index in [0.717, 1.165) is 42.5 Å². The summed E-state index contributed by atoms with van der Waals surface area (Å²) in [6.45, 7) is 5.43. The Balaban J connectivity index is 1.45. The molecule has 25 heavy (non-hydrogen) atoms. The third-order valence-corrected chi connectivity index (χ3v) is 5.14. The molecule has 1 amide bonds. The third-order valence-electron chi connectivity index (χ3n) is 4.16. The summed E-state index contributed by atoms with van der Waals surface area (Å²) in [6, 6.07) is 10.5. The Morgan fingerprint density at radius 2 is 1.92 bits per heavy atom. The van der Waals surface area contributed by atoms with Gasteiger partial charge in [-0.1, -0.05) is 6.07 Å². The van der Waals surface area contributed by atoms with E-state index >= 15 is 0 Å². The topological polar surface area (TPSA) is 47.9 Å². The molecule has 1 aromatic carbocycles. The lowest BCUT2D eigenvalue weighted by molar-refractivity contribution is -0.122. The average Bonchev–Trinajstić information content (AvgIpc) is 3.16. The van der Waals surface area contributed by atoms with Crippen molar-refractivity contribution in [3.8, 4) is 0 Å². The molecule has 0 radical (unpaired) electrons. The highest BCUT2D eigenvalue weighted by Gasteiger charge is 2.19. The Kier molecular flexibility index (Phi) is 5.78. The second kappa shape index (κ2) is 8.22. The van der Waals surface area contributed by atoms with Gasteiger partial charge in [0.05, 0.1) is 12.3 Å². The lowest BCUT2D eigenvalue weighted by Gasteiger charge is -2.35. The van der Waals surface area contributed by atoms with Crippen LogP contribution in [0.15, 0.2) is 46.9 Å². The second-order valence-electron chi connectivity index (χ2n) is 5.95. The molecule has 0 aliphatic carbocycles. The molecule has 2 heterocycles. The fourth-order valence-corrected chi connectivity index (χ4v) is 3.42. The lowest BCUT2D eigenvalue weighted by Crippen LogP contribution is -2.49. The molecule has 1 fully saturated rings. The van der Waals surface area contributed by atoms with Crippen molar-refractivity contribution < 1.29 is 9.18 Å². The zero-order chi connectivity index (χ0) is 17.6. The van der Waals surface area contributed by atoms with E-state index < -0.39 is 0 Å². The van der Waals surface area contributed by atoms with E-state index in [2.05, 4.69) is 20.3 Å². The van der Waals surface area contributed by atoms with Crippen LogP contribution in [0.3, 0.4) is 0 Å². The number of amides is 1. The van der Waals surface area contributed by atoms with Crippen molar-refractivity contribution in [2.75, 3.05) is 37.6 Å².